The molecule has 0 amide bonds. The van der Waals surface area contributed by atoms with Crippen LogP contribution in [0.25, 0.3) is 0 Å². The highest BCUT2D eigenvalue weighted by molar-refractivity contribution is 5.73. The lowest BCUT2D eigenvalue weighted by molar-refractivity contribution is -0.141. The number of carboxylic acid groups (broad SMARTS) is 1. The molecular formula is C16H18F3N3O3. The van der Waals surface area contributed by atoms with E-state index in [1.807, 2.05) is 0 Å². The van der Waals surface area contributed by atoms with Gasteiger partial charge in [-0.15, -0.1) is 0 Å². The fourth-order valence-corrected chi connectivity index (χ4v) is 2.39. The average Bonchev–Trinajstić information content (AvgIpc) is 2.89. The van der Waals surface area contributed by atoms with E-state index in [1.165, 1.54) is 18.7 Å². The van der Waals surface area contributed by atoms with Crippen molar-refractivity contribution in [3.8, 4) is 5.75 Å². The number of aliphatic carboxylic acids is 1. The average molecular weight is 357 g/mol. The highest BCUT2D eigenvalue weighted by Gasteiger charge is 2.34. The number of rotatable bonds is 6. The zero-order valence-corrected chi connectivity index (χ0v) is 13.7. The highest BCUT2D eigenvalue weighted by atomic mass is 19.4. The Morgan fingerprint density at radius 2 is 2.08 bits per heavy atom. The van der Waals surface area contributed by atoms with Crippen LogP contribution in [0.4, 0.5) is 13.2 Å². The summed E-state index contributed by atoms with van der Waals surface area (Å²) in [4.78, 5) is 10.9. The molecule has 0 saturated heterocycles. The number of halogens is 3. The maximum Gasteiger partial charge on any atom is 0.435 e. The Morgan fingerprint density at radius 1 is 1.40 bits per heavy atom. The molecule has 136 valence electrons. The molecule has 1 heterocycles. The molecule has 2 aromatic rings. The van der Waals surface area contributed by atoms with Crippen molar-refractivity contribution in [3.63, 3.8) is 0 Å². The maximum atomic E-state index is 12.8. The lowest BCUT2D eigenvalue weighted by Crippen LogP contribution is -2.32. The first-order chi connectivity index (χ1) is 11.6. The fourth-order valence-electron chi connectivity index (χ4n) is 2.39. The summed E-state index contributed by atoms with van der Waals surface area (Å²) < 4.78 is 44.8. The van der Waals surface area contributed by atoms with Gasteiger partial charge in [0.15, 0.2) is 5.69 Å². The van der Waals surface area contributed by atoms with Gasteiger partial charge in [-0.3, -0.25) is 9.48 Å². The summed E-state index contributed by atoms with van der Waals surface area (Å²) in [6.07, 6.45) is -4.42. The number of nitrogens with two attached hydrogens (primary N) is 1. The third-order valence-corrected chi connectivity index (χ3v) is 3.71. The Labute approximate surface area is 142 Å². The summed E-state index contributed by atoms with van der Waals surface area (Å²) in [6.45, 7) is 1.58. The molecule has 0 radical (unpaired) electrons. The number of hydrogen-bond donors (Lipinski definition) is 2. The number of aryl methyl sites for hydroxylation is 1. The van der Waals surface area contributed by atoms with Crippen molar-refractivity contribution in [1.29, 1.82) is 0 Å². The van der Waals surface area contributed by atoms with Crippen molar-refractivity contribution in [3.05, 3.63) is 46.8 Å². The van der Waals surface area contributed by atoms with Gasteiger partial charge in [0.25, 0.3) is 0 Å². The van der Waals surface area contributed by atoms with Crippen molar-refractivity contribution >= 4 is 5.97 Å². The lowest BCUT2D eigenvalue weighted by Gasteiger charge is -2.13. The monoisotopic (exact) mass is 357 g/mol. The number of ether oxygens (including phenoxy) is 1. The molecule has 0 aliphatic rings. The third kappa shape index (κ3) is 4.50. The van der Waals surface area contributed by atoms with E-state index in [2.05, 4.69) is 5.10 Å². The molecular weight excluding hydrogens is 339 g/mol. The first-order valence-electron chi connectivity index (χ1n) is 7.37. The molecule has 1 aromatic heterocycles. The van der Waals surface area contributed by atoms with E-state index in [9.17, 15) is 18.0 Å². The quantitative estimate of drug-likeness (QED) is 0.827. The molecule has 0 spiro atoms. The van der Waals surface area contributed by atoms with Crippen molar-refractivity contribution in [2.24, 2.45) is 5.73 Å². The largest absolute Gasteiger partial charge is 0.496 e. The van der Waals surface area contributed by atoms with Gasteiger partial charge in [-0.25, -0.2) is 0 Å². The number of hydrogen-bond acceptors (Lipinski definition) is 4. The van der Waals surface area contributed by atoms with Crippen molar-refractivity contribution in [2.45, 2.75) is 32.1 Å². The van der Waals surface area contributed by atoms with Crippen LogP contribution in [0.2, 0.25) is 0 Å². The van der Waals surface area contributed by atoms with E-state index in [0.29, 0.717) is 22.6 Å². The molecule has 1 atom stereocenters. The minimum atomic E-state index is -4.52. The Hall–Kier alpha value is -2.55. The summed E-state index contributed by atoms with van der Waals surface area (Å²) >= 11 is 0. The molecule has 9 heteroatoms. The molecule has 0 aliphatic heterocycles. The van der Waals surface area contributed by atoms with Gasteiger partial charge in [-0.05, 0) is 31.0 Å². The van der Waals surface area contributed by atoms with Crippen molar-refractivity contribution in [1.82, 2.24) is 9.78 Å². The van der Waals surface area contributed by atoms with Crippen molar-refractivity contribution < 1.29 is 27.8 Å². The molecule has 25 heavy (non-hydrogen) atoms. The smallest absolute Gasteiger partial charge is 0.435 e. The van der Waals surface area contributed by atoms with E-state index in [-0.39, 0.29) is 13.0 Å². The third-order valence-electron chi connectivity index (χ3n) is 3.71. The van der Waals surface area contributed by atoms with Crippen LogP contribution in [-0.2, 0) is 23.9 Å². The number of benzene rings is 1. The molecule has 0 bridgehead atoms. The molecule has 1 aromatic carbocycles. The molecule has 3 N–H and O–H groups in total. The summed E-state index contributed by atoms with van der Waals surface area (Å²) in [5.41, 5.74) is 6.13. The number of carbonyl (C=O) groups is 1. The first-order valence-corrected chi connectivity index (χ1v) is 7.37. The minimum Gasteiger partial charge on any atom is -0.496 e. The predicted molar refractivity (Wildman–Crippen MR) is 83.4 cm³/mol. The lowest BCUT2D eigenvalue weighted by atomic mass is 10.0. The molecule has 1 unspecified atom stereocenters. The number of aromatic nitrogens is 2. The second kappa shape index (κ2) is 7.14. The summed E-state index contributed by atoms with van der Waals surface area (Å²) in [5, 5.41) is 12.5. The molecule has 6 nitrogen and oxygen atoms in total. The van der Waals surface area contributed by atoms with E-state index in [0.717, 1.165) is 6.07 Å². The van der Waals surface area contributed by atoms with Crippen LogP contribution in [-0.4, -0.2) is 34.0 Å². The molecule has 0 saturated carbocycles. The normalized spacial score (nSPS) is 12.9. The number of carboxylic acids is 1. The Kier molecular flexibility index (Phi) is 5.36. The molecule has 0 fully saturated rings. The van der Waals surface area contributed by atoms with Crippen LogP contribution in [0.1, 0.15) is 22.5 Å². The van der Waals surface area contributed by atoms with Crippen molar-refractivity contribution in [2.75, 3.05) is 7.11 Å². The predicted octanol–water partition coefficient (Wildman–Crippen LogP) is 2.22. The van der Waals surface area contributed by atoms with Crippen LogP contribution in [0.5, 0.6) is 5.75 Å². The van der Waals surface area contributed by atoms with E-state index in [4.69, 9.17) is 15.6 Å². The first kappa shape index (κ1) is 18.8. The number of nitrogens with zero attached hydrogens (tertiary/aromatic N) is 2. The van der Waals surface area contributed by atoms with Gasteiger partial charge in [-0.2, -0.15) is 18.3 Å². The summed E-state index contributed by atoms with van der Waals surface area (Å²) in [7, 11) is 1.44. The standard InChI is InChI=1S/C16H18F3N3O3/c1-9-5-14(16(17,18)19)21-22(9)8-11-6-10(3-4-13(11)25-2)7-12(20)15(23)24/h3-6,12H,7-8,20H2,1-2H3,(H,23,24). The second-order valence-electron chi connectivity index (χ2n) is 5.62. The van der Waals surface area contributed by atoms with Gasteiger partial charge in [0.1, 0.15) is 11.8 Å². The topological polar surface area (TPSA) is 90.4 Å². The van der Waals surface area contributed by atoms with Crippen LogP contribution < -0.4 is 10.5 Å². The Morgan fingerprint density at radius 3 is 2.60 bits per heavy atom. The fraction of sp³-hybridized carbons (Fsp3) is 0.375. The summed E-state index contributed by atoms with van der Waals surface area (Å²) in [5.74, 6) is -0.661. The number of alkyl halides is 3. The van der Waals surface area contributed by atoms with Gasteiger partial charge < -0.3 is 15.6 Å². The second-order valence-corrected chi connectivity index (χ2v) is 5.62. The van der Waals surface area contributed by atoms with Gasteiger partial charge in [-0.1, -0.05) is 12.1 Å². The van der Waals surface area contributed by atoms with E-state index >= 15 is 0 Å². The highest BCUT2D eigenvalue weighted by Crippen LogP contribution is 2.29. The van der Waals surface area contributed by atoms with Gasteiger partial charge >= 0.3 is 12.1 Å². The van der Waals surface area contributed by atoms with Gasteiger partial charge in [0.2, 0.25) is 0 Å². The maximum absolute atomic E-state index is 12.8. The van der Waals surface area contributed by atoms with Crippen LogP contribution in [0.15, 0.2) is 24.3 Å². The van der Waals surface area contributed by atoms with Gasteiger partial charge in [0, 0.05) is 11.3 Å². The number of methoxy groups -OCH3 is 1. The Balaban J connectivity index is 2.32. The minimum absolute atomic E-state index is 0.0568. The zero-order chi connectivity index (χ0) is 18.8. The molecule has 0 aliphatic carbocycles. The Bertz CT molecular complexity index is 772. The van der Waals surface area contributed by atoms with Crippen LogP contribution in [0, 0.1) is 6.92 Å². The van der Waals surface area contributed by atoms with E-state index < -0.39 is 23.9 Å². The van der Waals surface area contributed by atoms with E-state index in [1.54, 1.807) is 18.2 Å². The zero-order valence-electron chi connectivity index (χ0n) is 13.7. The van der Waals surface area contributed by atoms with Crippen LogP contribution in [0.3, 0.4) is 0 Å². The SMILES string of the molecule is COc1ccc(CC(N)C(=O)O)cc1Cn1nc(C(F)(F)F)cc1C. The van der Waals surface area contributed by atoms with Crippen LogP contribution >= 0.6 is 0 Å². The summed E-state index contributed by atoms with van der Waals surface area (Å²) in [6, 6.07) is 4.86. The van der Waals surface area contributed by atoms with Gasteiger partial charge in [0.05, 0.1) is 13.7 Å². The molecule has 2 rings (SSSR count).